The molecule has 1 aromatic carbocycles. The third-order valence-electron chi connectivity index (χ3n) is 3.95. The van der Waals surface area contributed by atoms with Gasteiger partial charge in [0.25, 0.3) is 0 Å². The molecular weight excluding hydrogens is 345 g/mol. The van der Waals surface area contributed by atoms with Crippen molar-refractivity contribution in [3.63, 3.8) is 0 Å². The van der Waals surface area contributed by atoms with Gasteiger partial charge >= 0.3 is 6.18 Å². The van der Waals surface area contributed by atoms with Crippen LogP contribution in [0.2, 0.25) is 0 Å². The molecule has 0 saturated heterocycles. The highest BCUT2D eigenvalue weighted by Crippen LogP contribution is 2.31. The number of hydrogen-bond donors (Lipinski definition) is 1. The maximum atomic E-state index is 12.7. The summed E-state index contributed by atoms with van der Waals surface area (Å²) >= 11 is 0. The number of alkyl halides is 3. The molecule has 0 aliphatic carbocycles. The maximum absolute atomic E-state index is 12.7. The Balaban J connectivity index is 2.18. The average Bonchev–Trinajstić information content (AvgIpc) is 2.98. The Kier molecular flexibility index (Phi) is 5.93. The van der Waals surface area contributed by atoms with E-state index < -0.39 is 11.7 Å². The van der Waals surface area contributed by atoms with E-state index in [-0.39, 0.29) is 23.5 Å². The summed E-state index contributed by atoms with van der Waals surface area (Å²) in [6.07, 6.45) is -4.36. The lowest BCUT2D eigenvalue weighted by atomic mass is 10.0. The van der Waals surface area contributed by atoms with Crippen LogP contribution in [0.3, 0.4) is 0 Å². The Morgan fingerprint density at radius 2 is 1.85 bits per heavy atom. The molecule has 0 saturated carbocycles. The van der Waals surface area contributed by atoms with Crippen molar-refractivity contribution in [2.24, 2.45) is 0 Å². The second kappa shape index (κ2) is 7.79. The van der Waals surface area contributed by atoms with Crippen molar-refractivity contribution in [1.82, 2.24) is 9.88 Å². The molecule has 0 aliphatic heterocycles. The van der Waals surface area contributed by atoms with Crippen molar-refractivity contribution >= 4 is 5.88 Å². The molecule has 0 aliphatic rings. The normalized spacial score (nSPS) is 13.1. The van der Waals surface area contributed by atoms with Crippen LogP contribution in [0.1, 0.15) is 48.5 Å². The van der Waals surface area contributed by atoms with Gasteiger partial charge < -0.3 is 14.6 Å². The molecule has 140 valence electrons. The van der Waals surface area contributed by atoms with E-state index in [1.165, 1.54) is 12.1 Å². The summed E-state index contributed by atoms with van der Waals surface area (Å²) in [5.74, 6) is 0.771. The molecule has 2 rings (SSSR count). The number of rotatable bonds is 6. The van der Waals surface area contributed by atoms with Gasteiger partial charge in [-0.3, -0.25) is 0 Å². The monoisotopic (exact) mass is 366 g/mol. The van der Waals surface area contributed by atoms with Gasteiger partial charge in [0.1, 0.15) is 6.07 Å². The number of hydrogen-bond acceptors (Lipinski definition) is 5. The average molecular weight is 366 g/mol. The number of nitrogens with zero attached hydrogens (tertiary/aromatic N) is 3. The number of likely N-dealkylation sites (N-methyl/N-ethyl adjacent to an activating group) is 1. The SMILES string of the molecule is CC(C)c1nc(C#N)c(NC[C@@H](c2ccc(C(F)(F)F)cc2)N(C)C)o1. The predicted molar refractivity (Wildman–Crippen MR) is 91.7 cm³/mol. The summed E-state index contributed by atoms with van der Waals surface area (Å²) in [5, 5.41) is 12.2. The third-order valence-corrected chi connectivity index (χ3v) is 3.95. The Morgan fingerprint density at radius 3 is 2.31 bits per heavy atom. The molecule has 26 heavy (non-hydrogen) atoms. The van der Waals surface area contributed by atoms with Crippen molar-refractivity contribution in [1.29, 1.82) is 5.26 Å². The van der Waals surface area contributed by atoms with Gasteiger partial charge in [-0.05, 0) is 31.8 Å². The third kappa shape index (κ3) is 4.55. The minimum Gasteiger partial charge on any atom is -0.424 e. The van der Waals surface area contributed by atoms with Crippen LogP contribution in [0, 0.1) is 11.3 Å². The zero-order valence-corrected chi connectivity index (χ0v) is 15.1. The van der Waals surface area contributed by atoms with E-state index in [2.05, 4.69) is 10.3 Å². The molecule has 1 aromatic heterocycles. The maximum Gasteiger partial charge on any atom is 0.416 e. The second-order valence-corrected chi connectivity index (χ2v) is 6.48. The van der Waals surface area contributed by atoms with Crippen molar-refractivity contribution < 1.29 is 17.6 Å². The topological polar surface area (TPSA) is 65.1 Å². The molecule has 2 aromatic rings. The van der Waals surface area contributed by atoms with E-state index in [1.54, 1.807) is 0 Å². The van der Waals surface area contributed by atoms with Crippen molar-refractivity contribution in [3.8, 4) is 6.07 Å². The number of aromatic nitrogens is 1. The number of oxazole rings is 1. The van der Waals surface area contributed by atoms with E-state index in [9.17, 15) is 18.4 Å². The number of benzene rings is 1. The summed E-state index contributed by atoms with van der Waals surface area (Å²) in [7, 11) is 3.66. The first kappa shape index (κ1) is 19.8. The van der Waals surface area contributed by atoms with E-state index in [1.807, 2.05) is 38.9 Å². The largest absolute Gasteiger partial charge is 0.424 e. The van der Waals surface area contributed by atoms with Gasteiger partial charge in [-0.15, -0.1) is 0 Å². The van der Waals surface area contributed by atoms with Gasteiger partial charge in [-0.2, -0.15) is 18.4 Å². The Morgan fingerprint density at radius 1 is 1.23 bits per heavy atom. The summed E-state index contributed by atoms with van der Waals surface area (Å²) in [6.45, 7) is 4.16. The van der Waals surface area contributed by atoms with Crippen LogP contribution in [0.15, 0.2) is 28.7 Å². The molecule has 0 radical (unpaired) electrons. The van der Waals surface area contributed by atoms with Gasteiger partial charge in [0.05, 0.1) is 11.6 Å². The van der Waals surface area contributed by atoms with E-state index >= 15 is 0 Å². The molecule has 1 N–H and O–H groups in total. The molecule has 0 fully saturated rings. The van der Waals surface area contributed by atoms with Gasteiger partial charge in [-0.1, -0.05) is 26.0 Å². The highest BCUT2D eigenvalue weighted by atomic mass is 19.4. The lowest BCUT2D eigenvalue weighted by Gasteiger charge is -2.25. The zero-order valence-electron chi connectivity index (χ0n) is 15.1. The van der Waals surface area contributed by atoms with Crippen molar-refractivity contribution in [2.45, 2.75) is 32.0 Å². The first-order valence-corrected chi connectivity index (χ1v) is 8.11. The molecule has 0 bridgehead atoms. The minimum atomic E-state index is -4.36. The van der Waals surface area contributed by atoms with Crippen molar-refractivity contribution in [3.05, 3.63) is 47.0 Å². The first-order valence-electron chi connectivity index (χ1n) is 8.11. The summed E-state index contributed by atoms with van der Waals surface area (Å²) < 4.78 is 43.8. The van der Waals surface area contributed by atoms with Crippen LogP contribution >= 0.6 is 0 Å². The van der Waals surface area contributed by atoms with Crippen LogP contribution in [-0.2, 0) is 6.18 Å². The molecule has 8 heteroatoms. The second-order valence-electron chi connectivity index (χ2n) is 6.48. The lowest BCUT2D eigenvalue weighted by Crippen LogP contribution is -2.27. The molecule has 0 unspecified atom stereocenters. The fraction of sp³-hybridized carbons (Fsp3) is 0.444. The van der Waals surface area contributed by atoms with E-state index in [0.29, 0.717) is 12.4 Å². The molecule has 0 amide bonds. The van der Waals surface area contributed by atoms with Crippen LogP contribution in [0.25, 0.3) is 0 Å². The first-order chi connectivity index (χ1) is 12.1. The quantitative estimate of drug-likeness (QED) is 0.821. The Bertz CT molecular complexity index is 773. The van der Waals surface area contributed by atoms with E-state index in [0.717, 1.165) is 17.7 Å². The standard InChI is InChI=1S/C18H21F3N4O/c1-11(2)16-24-14(9-22)17(26-16)23-10-15(25(3)4)12-5-7-13(8-6-12)18(19,20)21/h5-8,11,15,23H,10H2,1-4H3/t15-/m0/s1. The molecule has 0 spiro atoms. The number of nitriles is 1. The van der Waals surface area contributed by atoms with Crippen LogP contribution in [-0.4, -0.2) is 30.5 Å². The zero-order chi connectivity index (χ0) is 19.5. The number of nitrogens with one attached hydrogen (secondary N) is 1. The summed E-state index contributed by atoms with van der Waals surface area (Å²) in [5.41, 5.74) is 0.200. The summed E-state index contributed by atoms with van der Waals surface area (Å²) in [6, 6.07) is 6.82. The van der Waals surface area contributed by atoms with Crippen LogP contribution < -0.4 is 5.32 Å². The Labute approximate surface area is 150 Å². The fourth-order valence-corrected chi connectivity index (χ4v) is 2.46. The minimum absolute atomic E-state index is 0.0391. The number of anilines is 1. The smallest absolute Gasteiger partial charge is 0.416 e. The molecular formula is C18H21F3N4O. The number of halogens is 3. The highest BCUT2D eigenvalue weighted by molar-refractivity contribution is 5.46. The van der Waals surface area contributed by atoms with Crippen LogP contribution in [0.4, 0.5) is 19.1 Å². The van der Waals surface area contributed by atoms with Gasteiger partial charge in [0, 0.05) is 12.5 Å². The Hall–Kier alpha value is -2.53. The van der Waals surface area contributed by atoms with Gasteiger partial charge in [0.2, 0.25) is 17.5 Å². The molecule has 1 atom stereocenters. The molecule has 5 nitrogen and oxygen atoms in total. The molecule has 1 heterocycles. The van der Waals surface area contributed by atoms with Crippen LogP contribution in [0.5, 0.6) is 0 Å². The fourth-order valence-electron chi connectivity index (χ4n) is 2.46. The van der Waals surface area contributed by atoms with Gasteiger partial charge in [0.15, 0.2) is 0 Å². The van der Waals surface area contributed by atoms with E-state index in [4.69, 9.17) is 4.42 Å². The van der Waals surface area contributed by atoms with Gasteiger partial charge in [-0.25, -0.2) is 4.98 Å². The summed E-state index contributed by atoms with van der Waals surface area (Å²) in [4.78, 5) is 6.01. The highest BCUT2D eigenvalue weighted by Gasteiger charge is 2.30. The predicted octanol–water partition coefficient (Wildman–Crippen LogP) is 4.40. The van der Waals surface area contributed by atoms with Crippen molar-refractivity contribution in [2.75, 3.05) is 26.0 Å². The lowest BCUT2D eigenvalue weighted by molar-refractivity contribution is -0.137.